The van der Waals surface area contributed by atoms with Gasteiger partial charge in [0.1, 0.15) is 0 Å². The maximum absolute atomic E-state index is 11.3. The zero-order chi connectivity index (χ0) is 21.8. The van der Waals surface area contributed by atoms with Gasteiger partial charge in [-0.15, -0.1) is 0 Å². The van der Waals surface area contributed by atoms with E-state index in [2.05, 4.69) is 6.92 Å². The molecule has 0 fully saturated rings. The molecule has 0 aliphatic carbocycles. The van der Waals surface area contributed by atoms with Crippen LogP contribution in [0.4, 0.5) is 0 Å². The van der Waals surface area contributed by atoms with Gasteiger partial charge in [-0.2, -0.15) is 8.42 Å². The van der Waals surface area contributed by atoms with Crippen molar-refractivity contribution in [3.05, 3.63) is 0 Å². The van der Waals surface area contributed by atoms with Gasteiger partial charge in [0.25, 0.3) is 10.1 Å². The first-order valence-electron chi connectivity index (χ1n) is 12.6. The lowest BCUT2D eigenvalue weighted by molar-refractivity contribution is 0.147. The quantitative estimate of drug-likeness (QED) is 0.137. The average molecular weight is 435 g/mol. The van der Waals surface area contributed by atoms with E-state index >= 15 is 0 Å². The molecular formula is C24H50O4S. The molecule has 2 unspecified atom stereocenters. The van der Waals surface area contributed by atoms with Crippen LogP contribution in [0.25, 0.3) is 0 Å². The molecule has 0 spiro atoms. The van der Waals surface area contributed by atoms with E-state index in [9.17, 15) is 18.1 Å². The first kappa shape index (κ1) is 28.9. The summed E-state index contributed by atoms with van der Waals surface area (Å²) in [6, 6.07) is 0. The normalized spacial score (nSPS) is 14.2. The van der Waals surface area contributed by atoms with Crippen molar-refractivity contribution in [3.8, 4) is 0 Å². The molecule has 0 heterocycles. The van der Waals surface area contributed by atoms with Gasteiger partial charge in [-0.1, -0.05) is 117 Å². The molecule has 2 N–H and O–H groups in total. The molecule has 0 saturated heterocycles. The van der Waals surface area contributed by atoms with Crippen molar-refractivity contribution >= 4 is 10.1 Å². The van der Waals surface area contributed by atoms with Crippen molar-refractivity contribution in [1.29, 1.82) is 0 Å². The largest absolute Gasteiger partial charge is 0.393 e. The highest BCUT2D eigenvalue weighted by molar-refractivity contribution is 7.86. The molecule has 176 valence electrons. The highest BCUT2D eigenvalue weighted by Crippen LogP contribution is 2.18. The standard InChI is InChI=1S/C24H50O4S/c1-3-5-6-7-10-13-16-20-23(25)21-17-14-11-8-9-12-15-18-22-24(19-4-2)29(26,27)28/h23-25H,3-22H2,1-2H3,(H,26,27,28). The van der Waals surface area contributed by atoms with Crippen LogP contribution in [0, 0.1) is 0 Å². The second-order valence-electron chi connectivity index (χ2n) is 8.90. The van der Waals surface area contributed by atoms with Gasteiger partial charge in [0.15, 0.2) is 0 Å². The lowest BCUT2D eigenvalue weighted by atomic mass is 10.0. The van der Waals surface area contributed by atoms with Crippen molar-refractivity contribution in [2.75, 3.05) is 0 Å². The van der Waals surface area contributed by atoms with Crippen molar-refractivity contribution in [1.82, 2.24) is 0 Å². The first-order chi connectivity index (χ1) is 13.9. The fourth-order valence-electron chi connectivity index (χ4n) is 4.06. The zero-order valence-electron chi connectivity index (χ0n) is 19.4. The van der Waals surface area contributed by atoms with Crippen LogP contribution in [0.3, 0.4) is 0 Å². The Balaban J connectivity index is 3.40. The summed E-state index contributed by atoms with van der Waals surface area (Å²) in [5.74, 6) is 0. The van der Waals surface area contributed by atoms with E-state index in [4.69, 9.17) is 0 Å². The van der Waals surface area contributed by atoms with Gasteiger partial charge in [-0.05, 0) is 25.7 Å². The Morgan fingerprint density at radius 3 is 1.31 bits per heavy atom. The summed E-state index contributed by atoms with van der Waals surface area (Å²) < 4.78 is 31.8. The van der Waals surface area contributed by atoms with Crippen molar-refractivity contribution in [2.45, 2.75) is 154 Å². The highest BCUT2D eigenvalue weighted by Gasteiger charge is 2.20. The van der Waals surface area contributed by atoms with Gasteiger partial charge in [-0.25, -0.2) is 0 Å². The summed E-state index contributed by atoms with van der Waals surface area (Å²) >= 11 is 0. The van der Waals surface area contributed by atoms with Gasteiger partial charge in [0, 0.05) is 0 Å². The van der Waals surface area contributed by atoms with Crippen molar-refractivity contribution in [2.24, 2.45) is 0 Å². The lowest BCUT2D eigenvalue weighted by Crippen LogP contribution is -2.20. The highest BCUT2D eigenvalue weighted by atomic mass is 32.2. The average Bonchev–Trinajstić information content (AvgIpc) is 2.67. The number of hydrogen-bond donors (Lipinski definition) is 2. The maximum atomic E-state index is 11.3. The van der Waals surface area contributed by atoms with E-state index in [0.29, 0.717) is 12.8 Å². The fourth-order valence-corrected chi connectivity index (χ4v) is 5.06. The van der Waals surface area contributed by atoms with Crippen LogP contribution in [0.5, 0.6) is 0 Å². The van der Waals surface area contributed by atoms with Gasteiger partial charge < -0.3 is 5.11 Å². The molecule has 0 rings (SSSR count). The summed E-state index contributed by atoms with van der Waals surface area (Å²) in [5.41, 5.74) is 0. The fraction of sp³-hybridized carbons (Fsp3) is 1.00. The molecule has 2 atom stereocenters. The van der Waals surface area contributed by atoms with E-state index in [1.54, 1.807) is 0 Å². The smallest absolute Gasteiger partial charge is 0.267 e. The molecule has 29 heavy (non-hydrogen) atoms. The molecule has 0 aromatic heterocycles. The van der Waals surface area contributed by atoms with Crippen LogP contribution in [-0.4, -0.2) is 29.4 Å². The Kier molecular flexibility index (Phi) is 19.7. The summed E-state index contributed by atoms with van der Waals surface area (Å²) in [7, 11) is -3.88. The Hall–Kier alpha value is -0.130. The minimum atomic E-state index is -3.88. The maximum Gasteiger partial charge on any atom is 0.267 e. The molecule has 0 radical (unpaired) electrons. The van der Waals surface area contributed by atoms with E-state index in [1.165, 1.54) is 70.6 Å². The predicted molar refractivity (Wildman–Crippen MR) is 125 cm³/mol. The molecule has 0 saturated carbocycles. The van der Waals surface area contributed by atoms with Crippen molar-refractivity contribution in [3.63, 3.8) is 0 Å². The van der Waals surface area contributed by atoms with E-state index in [-0.39, 0.29) is 6.10 Å². The molecule has 0 aromatic carbocycles. The minimum absolute atomic E-state index is 0.107. The number of aliphatic hydroxyl groups excluding tert-OH is 1. The van der Waals surface area contributed by atoms with Crippen LogP contribution < -0.4 is 0 Å². The van der Waals surface area contributed by atoms with Crippen LogP contribution in [0.2, 0.25) is 0 Å². The van der Waals surface area contributed by atoms with Crippen LogP contribution in [0.15, 0.2) is 0 Å². The van der Waals surface area contributed by atoms with E-state index in [0.717, 1.165) is 44.9 Å². The number of hydrogen-bond acceptors (Lipinski definition) is 3. The topological polar surface area (TPSA) is 74.6 Å². The SMILES string of the molecule is CCCCCCCCCC(O)CCCCCCCCCCC(CCC)S(=O)(=O)O. The third-order valence-corrected chi connectivity index (χ3v) is 7.30. The van der Waals surface area contributed by atoms with Gasteiger partial charge in [0.05, 0.1) is 11.4 Å². The Morgan fingerprint density at radius 2 is 0.931 bits per heavy atom. The number of rotatable bonds is 22. The van der Waals surface area contributed by atoms with Gasteiger partial charge in [-0.3, -0.25) is 4.55 Å². The minimum Gasteiger partial charge on any atom is -0.393 e. The molecular weight excluding hydrogens is 384 g/mol. The Labute approximate surface area is 182 Å². The molecule has 0 bridgehead atoms. The van der Waals surface area contributed by atoms with Crippen molar-refractivity contribution < 1.29 is 18.1 Å². The first-order valence-corrected chi connectivity index (χ1v) is 14.1. The molecule has 0 aromatic rings. The van der Waals surface area contributed by atoms with Crippen LogP contribution in [-0.2, 0) is 10.1 Å². The second-order valence-corrected chi connectivity index (χ2v) is 10.6. The molecule has 0 aliphatic heterocycles. The molecule has 5 heteroatoms. The lowest BCUT2D eigenvalue weighted by Gasteiger charge is -2.12. The van der Waals surface area contributed by atoms with Gasteiger partial charge in [0.2, 0.25) is 0 Å². The van der Waals surface area contributed by atoms with Crippen LogP contribution in [0.1, 0.15) is 142 Å². The number of aliphatic hydroxyl groups is 1. The molecule has 4 nitrogen and oxygen atoms in total. The third-order valence-electron chi connectivity index (χ3n) is 5.99. The summed E-state index contributed by atoms with van der Waals surface area (Å²) in [6.07, 6.45) is 21.9. The number of unbranched alkanes of at least 4 members (excludes halogenated alkanes) is 13. The molecule has 0 aliphatic rings. The van der Waals surface area contributed by atoms with Gasteiger partial charge >= 0.3 is 0 Å². The summed E-state index contributed by atoms with van der Waals surface area (Å²) in [4.78, 5) is 0. The summed E-state index contributed by atoms with van der Waals surface area (Å²) in [6.45, 7) is 4.20. The molecule has 0 amide bonds. The second kappa shape index (κ2) is 19.8. The third kappa shape index (κ3) is 19.6. The van der Waals surface area contributed by atoms with E-state index in [1.807, 2.05) is 6.92 Å². The Bertz CT molecular complexity index is 436. The zero-order valence-corrected chi connectivity index (χ0v) is 20.2. The predicted octanol–water partition coefficient (Wildman–Crippen LogP) is 7.45. The van der Waals surface area contributed by atoms with E-state index < -0.39 is 15.4 Å². The Morgan fingerprint density at radius 1 is 0.552 bits per heavy atom. The monoisotopic (exact) mass is 434 g/mol. The summed E-state index contributed by atoms with van der Waals surface area (Å²) in [5, 5.41) is 9.50. The van der Waals surface area contributed by atoms with Crippen LogP contribution >= 0.6 is 0 Å².